The highest BCUT2D eigenvalue weighted by Crippen LogP contribution is 2.22. The van der Waals surface area contributed by atoms with Gasteiger partial charge in [-0.05, 0) is 30.2 Å². The first-order chi connectivity index (χ1) is 8.33. The third kappa shape index (κ3) is 1.89. The summed E-state index contributed by atoms with van der Waals surface area (Å²) < 4.78 is 0. The summed E-state index contributed by atoms with van der Waals surface area (Å²) in [4.78, 5) is 8.59. The van der Waals surface area contributed by atoms with Gasteiger partial charge in [-0.1, -0.05) is 35.9 Å². The van der Waals surface area contributed by atoms with E-state index in [1.165, 1.54) is 16.7 Å². The van der Waals surface area contributed by atoms with E-state index in [0.717, 1.165) is 11.0 Å². The monoisotopic (exact) mass is 220 g/mol. The molecule has 0 radical (unpaired) electrons. The molecule has 0 unspecified atom stereocenters. The normalized spacial score (nSPS) is 10.6. The Hall–Kier alpha value is -2.22. The number of hydrogen-bond acceptors (Lipinski definition) is 2. The van der Waals surface area contributed by atoms with Gasteiger partial charge in [-0.15, -0.1) is 0 Å². The zero-order valence-corrected chi connectivity index (χ0v) is 9.59. The van der Waals surface area contributed by atoms with Gasteiger partial charge in [0.05, 0.1) is 11.0 Å². The van der Waals surface area contributed by atoms with Crippen molar-refractivity contribution in [3.63, 3.8) is 0 Å². The number of nitrogens with zero attached hydrogens (tertiary/aromatic N) is 2. The second-order valence-electron chi connectivity index (χ2n) is 4.13. The van der Waals surface area contributed by atoms with Crippen molar-refractivity contribution >= 4 is 11.0 Å². The van der Waals surface area contributed by atoms with E-state index >= 15 is 0 Å². The minimum Gasteiger partial charge on any atom is -0.253 e. The van der Waals surface area contributed by atoms with Crippen LogP contribution >= 0.6 is 0 Å². The molecule has 0 spiro atoms. The topological polar surface area (TPSA) is 25.8 Å². The molecule has 82 valence electrons. The summed E-state index contributed by atoms with van der Waals surface area (Å²) in [6.45, 7) is 2.09. The van der Waals surface area contributed by atoms with Gasteiger partial charge in [0.15, 0.2) is 0 Å². The molecule has 0 aliphatic rings. The van der Waals surface area contributed by atoms with Crippen molar-refractivity contribution in [2.75, 3.05) is 0 Å². The van der Waals surface area contributed by atoms with E-state index < -0.39 is 0 Å². The molecular weight excluding hydrogens is 208 g/mol. The molecule has 3 rings (SSSR count). The molecule has 0 saturated heterocycles. The quantitative estimate of drug-likeness (QED) is 0.626. The predicted octanol–water partition coefficient (Wildman–Crippen LogP) is 3.61. The highest BCUT2D eigenvalue weighted by atomic mass is 14.8. The van der Waals surface area contributed by atoms with Gasteiger partial charge in [0.2, 0.25) is 0 Å². The fraction of sp³-hybridized carbons (Fsp3) is 0.0667. The Labute approximate surface area is 100.0 Å². The SMILES string of the molecule is Cc1ccc(-c2ccc3nccnc3c2)cc1. The van der Waals surface area contributed by atoms with E-state index in [1.807, 2.05) is 6.07 Å². The number of hydrogen-bond donors (Lipinski definition) is 0. The molecule has 17 heavy (non-hydrogen) atoms. The van der Waals surface area contributed by atoms with E-state index in [1.54, 1.807) is 12.4 Å². The summed E-state index contributed by atoms with van der Waals surface area (Å²) in [6.07, 6.45) is 3.44. The summed E-state index contributed by atoms with van der Waals surface area (Å²) in [5.41, 5.74) is 5.53. The molecule has 1 aromatic heterocycles. The minimum absolute atomic E-state index is 0.934. The molecule has 0 bridgehead atoms. The zero-order valence-electron chi connectivity index (χ0n) is 9.59. The first-order valence-electron chi connectivity index (χ1n) is 5.61. The fourth-order valence-corrected chi connectivity index (χ4v) is 1.89. The van der Waals surface area contributed by atoms with E-state index in [2.05, 4.69) is 53.3 Å². The lowest BCUT2D eigenvalue weighted by Crippen LogP contribution is -1.84. The molecule has 0 N–H and O–H groups in total. The molecule has 0 atom stereocenters. The van der Waals surface area contributed by atoms with Crippen molar-refractivity contribution in [2.45, 2.75) is 6.92 Å². The van der Waals surface area contributed by atoms with E-state index in [-0.39, 0.29) is 0 Å². The molecule has 0 aliphatic heterocycles. The van der Waals surface area contributed by atoms with Crippen molar-refractivity contribution < 1.29 is 0 Å². The summed E-state index contributed by atoms with van der Waals surface area (Å²) in [5.74, 6) is 0. The smallest absolute Gasteiger partial charge is 0.0892 e. The largest absolute Gasteiger partial charge is 0.253 e. The number of rotatable bonds is 1. The van der Waals surface area contributed by atoms with E-state index in [4.69, 9.17) is 0 Å². The maximum Gasteiger partial charge on any atom is 0.0892 e. The average Bonchev–Trinajstić information content (AvgIpc) is 2.39. The summed E-state index contributed by atoms with van der Waals surface area (Å²) in [7, 11) is 0. The molecule has 0 fully saturated rings. The van der Waals surface area contributed by atoms with Gasteiger partial charge in [0.25, 0.3) is 0 Å². The van der Waals surface area contributed by atoms with Gasteiger partial charge in [0.1, 0.15) is 0 Å². The van der Waals surface area contributed by atoms with Crippen LogP contribution in [0.1, 0.15) is 5.56 Å². The van der Waals surface area contributed by atoms with Crippen molar-refractivity contribution in [3.8, 4) is 11.1 Å². The van der Waals surface area contributed by atoms with Gasteiger partial charge < -0.3 is 0 Å². The number of aryl methyl sites for hydroxylation is 1. The van der Waals surface area contributed by atoms with E-state index in [0.29, 0.717) is 0 Å². The standard InChI is InChI=1S/C15H12N2/c1-11-2-4-12(5-3-11)13-6-7-14-15(10-13)17-9-8-16-14/h2-10H,1H3. The van der Waals surface area contributed by atoms with Crippen LogP contribution in [0.25, 0.3) is 22.2 Å². The Kier molecular flexibility index (Phi) is 2.33. The minimum atomic E-state index is 0.934. The average molecular weight is 220 g/mol. The highest BCUT2D eigenvalue weighted by Gasteiger charge is 2.00. The molecule has 2 heteroatoms. The van der Waals surface area contributed by atoms with Gasteiger partial charge in [0, 0.05) is 12.4 Å². The van der Waals surface area contributed by atoms with Crippen LogP contribution in [0, 0.1) is 6.92 Å². The number of aromatic nitrogens is 2. The van der Waals surface area contributed by atoms with Crippen molar-refractivity contribution in [1.82, 2.24) is 9.97 Å². The second kappa shape index (κ2) is 3.98. The van der Waals surface area contributed by atoms with Crippen molar-refractivity contribution in [3.05, 3.63) is 60.4 Å². The number of fused-ring (bicyclic) bond motifs is 1. The Morgan fingerprint density at radius 2 is 1.35 bits per heavy atom. The highest BCUT2D eigenvalue weighted by molar-refractivity contribution is 5.81. The Morgan fingerprint density at radius 1 is 0.706 bits per heavy atom. The van der Waals surface area contributed by atoms with Crippen LogP contribution in [0.5, 0.6) is 0 Å². The lowest BCUT2D eigenvalue weighted by atomic mass is 10.0. The van der Waals surface area contributed by atoms with Crippen LogP contribution in [0.4, 0.5) is 0 Å². The summed E-state index contributed by atoms with van der Waals surface area (Å²) >= 11 is 0. The molecule has 2 nitrogen and oxygen atoms in total. The molecule has 0 saturated carbocycles. The maximum atomic E-state index is 4.32. The Bertz CT molecular complexity index is 657. The lowest BCUT2D eigenvalue weighted by Gasteiger charge is -2.03. The van der Waals surface area contributed by atoms with Gasteiger partial charge in [-0.2, -0.15) is 0 Å². The van der Waals surface area contributed by atoms with Gasteiger partial charge in [-0.3, -0.25) is 9.97 Å². The summed E-state index contributed by atoms with van der Waals surface area (Å²) in [6, 6.07) is 14.7. The predicted molar refractivity (Wildman–Crippen MR) is 69.7 cm³/mol. The van der Waals surface area contributed by atoms with Crippen molar-refractivity contribution in [2.24, 2.45) is 0 Å². The van der Waals surface area contributed by atoms with Crippen LogP contribution in [0.3, 0.4) is 0 Å². The third-order valence-electron chi connectivity index (χ3n) is 2.85. The fourth-order valence-electron chi connectivity index (χ4n) is 1.89. The van der Waals surface area contributed by atoms with Crippen LogP contribution in [-0.2, 0) is 0 Å². The molecular formula is C15H12N2. The lowest BCUT2D eigenvalue weighted by molar-refractivity contribution is 1.29. The number of benzene rings is 2. The molecule has 3 aromatic rings. The molecule has 0 amide bonds. The molecule has 1 heterocycles. The van der Waals surface area contributed by atoms with Gasteiger partial charge >= 0.3 is 0 Å². The van der Waals surface area contributed by atoms with Crippen LogP contribution in [0.15, 0.2) is 54.9 Å². The van der Waals surface area contributed by atoms with E-state index in [9.17, 15) is 0 Å². The first kappa shape index (κ1) is 9.97. The van der Waals surface area contributed by atoms with Crippen LogP contribution < -0.4 is 0 Å². The molecule has 0 aliphatic carbocycles. The maximum absolute atomic E-state index is 4.32. The summed E-state index contributed by atoms with van der Waals surface area (Å²) in [5, 5.41) is 0. The second-order valence-corrected chi connectivity index (χ2v) is 4.13. The molecule has 2 aromatic carbocycles. The Balaban J connectivity index is 2.14. The van der Waals surface area contributed by atoms with Gasteiger partial charge in [-0.25, -0.2) is 0 Å². The van der Waals surface area contributed by atoms with Crippen molar-refractivity contribution in [1.29, 1.82) is 0 Å². The van der Waals surface area contributed by atoms with Crippen LogP contribution in [0.2, 0.25) is 0 Å². The zero-order chi connectivity index (χ0) is 11.7. The third-order valence-corrected chi connectivity index (χ3v) is 2.85. The van der Waals surface area contributed by atoms with Crippen LogP contribution in [-0.4, -0.2) is 9.97 Å². The first-order valence-corrected chi connectivity index (χ1v) is 5.61. The Morgan fingerprint density at radius 3 is 2.12 bits per heavy atom.